The smallest absolute Gasteiger partial charge is 0.163 e. The fourth-order valence-corrected chi connectivity index (χ4v) is 5.29. The second-order valence-corrected chi connectivity index (χ2v) is 11.1. The van der Waals surface area contributed by atoms with Crippen LogP contribution < -0.4 is 0 Å². The third-order valence-corrected chi connectivity index (χ3v) is 7.19. The maximum Gasteiger partial charge on any atom is 0.163 e. The lowest BCUT2D eigenvalue weighted by Crippen LogP contribution is -2.44. The van der Waals surface area contributed by atoms with E-state index in [9.17, 15) is 0 Å². The normalized spacial score (nSPS) is 20.6. The van der Waals surface area contributed by atoms with E-state index in [4.69, 9.17) is 9.47 Å². The lowest BCUT2D eigenvalue weighted by molar-refractivity contribution is -0.301. The van der Waals surface area contributed by atoms with E-state index >= 15 is 0 Å². The minimum atomic E-state index is -0.394. The van der Waals surface area contributed by atoms with Crippen LogP contribution in [0.3, 0.4) is 0 Å². The molecule has 2 nitrogen and oxygen atoms in total. The van der Waals surface area contributed by atoms with Gasteiger partial charge in [-0.1, -0.05) is 142 Å². The van der Waals surface area contributed by atoms with Crippen LogP contribution in [0.5, 0.6) is 0 Å². The Morgan fingerprint density at radius 3 is 1.12 bits per heavy atom. The topological polar surface area (TPSA) is 18.5 Å². The first kappa shape index (κ1) is 30.0. The van der Waals surface area contributed by atoms with Crippen LogP contribution in [0.1, 0.15) is 175 Å². The Morgan fingerprint density at radius 2 is 0.750 bits per heavy atom. The summed E-state index contributed by atoms with van der Waals surface area (Å²) in [6, 6.07) is 0. The van der Waals surface area contributed by atoms with Crippen LogP contribution in [0.25, 0.3) is 0 Å². The Morgan fingerprint density at radius 1 is 0.469 bits per heavy atom. The van der Waals surface area contributed by atoms with Crippen LogP contribution in [-0.4, -0.2) is 18.0 Å². The molecular weight excluding hydrogens is 392 g/mol. The molecule has 0 aromatic rings. The quantitative estimate of drug-likeness (QED) is 0.152. The van der Waals surface area contributed by atoms with Gasteiger partial charge in [0.15, 0.2) is 5.79 Å². The van der Waals surface area contributed by atoms with Gasteiger partial charge in [0, 0.05) is 6.42 Å². The molecule has 1 aliphatic rings. The largest absolute Gasteiger partial charge is 0.347 e. The molecule has 1 aliphatic heterocycles. The van der Waals surface area contributed by atoms with Crippen molar-refractivity contribution in [2.45, 2.75) is 193 Å². The highest BCUT2D eigenvalue weighted by Crippen LogP contribution is 2.31. The van der Waals surface area contributed by atoms with Gasteiger partial charge in [-0.3, -0.25) is 0 Å². The van der Waals surface area contributed by atoms with Gasteiger partial charge in [0.25, 0.3) is 0 Å². The third-order valence-electron chi connectivity index (χ3n) is 7.19. The first-order chi connectivity index (χ1) is 15.6. The second-order valence-electron chi connectivity index (χ2n) is 11.1. The standard InChI is InChI=1S/C30H60O2/c1-5-7-9-10-11-12-13-14-15-16-17-18-19-20-21-22-24-26-29-27-28(25-23-8-6-2)31-30(3,4)32-29/h28-29H,5-27H2,1-4H3/t28-,29-/m0/s1. The molecule has 192 valence electrons. The molecule has 0 aromatic heterocycles. The summed E-state index contributed by atoms with van der Waals surface area (Å²) in [5, 5.41) is 0. The summed E-state index contributed by atoms with van der Waals surface area (Å²) in [4.78, 5) is 0. The van der Waals surface area contributed by atoms with Gasteiger partial charge >= 0.3 is 0 Å². The molecule has 32 heavy (non-hydrogen) atoms. The highest BCUT2D eigenvalue weighted by Gasteiger charge is 2.34. The molecule has 0 radical (unpaired) electrons. The van der Waals surface area contributed by atoms with Gasteiger partial charge in [-0.25, -0.2) is 0 Å². The van der Waals surface area contributed by atoms with Crippen LogP contribution in [0.15, 0.2) is 0 Å². The van der Waals surface area contributed by atoms with Gasteiger partial charge < -0.3 is 9.47 Å². The molecule has 1 saturated heterocycles. The maximum atomic E-state index is 6.22. The van der Waals surface area contributed by atoms with Gasteiger partial charge in [0.2, 0.25) is 0 Å². The second kappa shape index (κ2) is 20.3. The molecule has 0 amide bonds. The Labute approximate surface area is 203 Å². The molecule has 1 fully saturated rings. The summed E-state index contributed by atoms with van der Waals surface area (Å²) in [7, 11) is 0. The lowest BCUT2D eigenvalue weighted by atomic mass is 9.98. The zero-order chi connectivity index (χ0) is 23.3. The minimum Gasteiger partial charge on any atom is -0.347 e. The van der Waals surface area contributed by atoms with E-state index in [1.807, 2.05) is 0 Å². The van der Waals surface area contributed by atoms with Crippen molar-refractivity contribution in [3.63, 3.8) is 0 Å². The van der Waals surface area contributed by atoms with Crippen molar-refractivity contribution in [3.05, 3.63) is 0 Å². The van der Waals surface area contributed by atoms with Crippen molar-refractivity contribution < 1.29 is 9.47 Å². The van der Waals surface area contributed by atoms with Crippen molar-refractivity contribution in [2.75, 3.05) is 0 Å². The summed E-state index contributed by atoms with van der Waals surface area (Å²) < 4.78 is 12.4. The van der Waals surface area contributed by atoms with Gasteiger partial charge in [0.05, 0.1) is 12.2 Å². The number of hydrogen-bond acceptors (Lipinski definition) is 2. The van der Waals surface area contributed by atoms with Gasteiger partial charge in [-0.2, -0.15) is 0 Å². The molecule has 1 rings (SSSR count). The van der Waals surface area contributed by atoms with E-state index in [2.05, 4.69) is 27.7 Å². The summed E-state index contributed by atoms with van der Waals surface area (Å²) >= 11 is 0. The molecular formula is C30H60O2. The predicted octanol–water partition coefficient (Wildman–Crippen LogP) is 10.5. The first-order valence-electron chi connectivity index (χ1n) is 14.9. The van der Waals surface area contributed by atoms with Crippen LogP contribution >= 0.6 is 0 Å². The van der Waals surface area contributed by atoms with Crippen LogP contribution in [0.2, 0.25) is 0 Å². The summed E-state index contributed by atoms with van der Waals surface area (Å²) in [5.74, 6) is -0.394. The zero-order valence-corrected chi connectivity index (χ0v) is 22.7. The average molecular weight is 453 g/mol. The summed E-state index contributed by atoms with van der Waals surface area (Å²) in [5.41, 5.74) is 0. The highest BCUT2D eigenvalue weighted by molar-refractivity contribution is 4.76. The van der Waals surface area contributed by atoms with E-state index in [0.29, 0.717) is 12.2 Å². The molecule has 0 aromatic carbocycles. The van der Waals surface area contributed by atoms with E-state index in [1.54, 1.807) is 0 Å². The summed E-state index contributed by atoms with van der Waals surface area (Å²) in [6.07, 6.45) is 32.7. The van der Waals surface area contributed by atoms with Crippen molar-refractivity contribution in [3.8, 4) is 0 Å². The molecule has 0 N–H and O–H groups in total. The molecule has 0 aliphatic carbocycles. The SMILES string of the molecule is CCCCCCCCCCCCCCCCCCC[C@H]1C[C@H](CCCCC)OC(C)(C)O1. The monoisotopic (exact) mass is 452 g/mol. The zero-order valence-electron chi connectivity index (χ0n) is 22.7. The molecule has 0 spiro atoms. The average Bonchev–Trinajstić information content (AvgIpc) is 2.75. The van der Waals surface area contributed by atoms with Crippen LogP contribution in [-0.2, 0) is 9.47 Å². The number of hydrogen-bond donors (Lipinski definition) is 0. The number of rotatable bonds is 22. The Bertz CT molecular complexity index is 392. The Kier molecular flexibility index (Phi) is 19.0. The van der Waals surface area contributed by atoms with Crippen molar-refractivity contribution in [1.29, 1.82) is 0 Å². The van der Waals surface area contributed by atoms with Gasteiger partial charge in [-0.15, -0.1) is 0 Å². The van der Waals surface area contributed by atoms with Gasteiger partial charge in [-0.05, 0) is 26.7 Å². The van der Waals surface area contributed by atoms with E-state index in [1.165, 1.54) is 141 Å². The Balaban J connectivity index is 1.88. The molecule has 0 bridgehead atoms. The van der Waals surface area contributed by atoms with Crippen molar-refractivity contribution >= 4 is 0 Å². The molecule has 2 atom stereocenters. The maximum absolute atomic E-state index is 6.22. The lowest BCUT2D eigenvalue weighted by Gasteiger charge is -2.41. The third kappa shape index (κ3) is 17.4. The molecule has 1 heterocycles. The highest BCUT2D eigenvalue weighted by atomic mass is 16.7. The summed E-state index contributed by atoms with van der Waals surface area (Å²) in [6.45, 7) is 8.77. The molecule has 2 heteroatoms. The fraction of sp³-hybridized carbons (Fsp3) is 1.00. The molecule has 0 unspecified atom stereocenters. The van der Waals surface area contributed by atoms with Crippen molar-refractivity contribution in [1.82, 2.24) is 0 Å². The van der Waals surface area contributed by atoms with Gasteiger partial charge in [0.1, 0.15) is 0 Å². The van der Waals surface area contributed by atoms with E-state index < -0.39 is 5.79 Å². The number of ether oxygens (including phenoxy) is 2. The van der Waals surface area contributed by atoms with E-state index in [0.717, 1.165) is 6.42 Å². The van der Waals surface area contributed by atoms with Crippen LogP contribution in [0, 0.1) is 0 Å². The van der Waals surface area contributed by atoms with Crippen molar-refractivity contribution in [2.24, 2.45) is 0 Å². The predicted molar refractivity (Wildman–Crippen MR) is 141 cm³/mol. The Hall–Kier alpha value is -0.0800. The number of unbranched alkanes of at least 4 members (excludes halogenated alkanes) is 18. The minimum absolute atomic E-state index is 0.394. The molecule has 0 saturated carbocycles. The van der Waals surface area contributed by atoms with Crippen LogP contribution in [0.4, 0.5) is 0 Å². The fourth-order valence-electron chi connectivity index (χ4n) is 5.29. The first-order valence-corrected chi connectivity index (χ1v) is 14.9. The van der Waals surface area contributed by atoms with E-state index in [-0.39, 0.29) is 0 Å².